The van der Waals surface area contributed by atoms with E-state index in [9.17, 15) is 0 Å². The minimum Gasteiger partial charge on any atom is -0.326 e. The van der Waals surface area contributed by atoms with Crippen molar-refractivity contribution in [1.82, 2.24) is 9.55 Å². The van der Waals surface area contributed by atoms with Crippen LogP contribution in [0.15, 0.2) is 35.1 Å². The van der Waals surface area contributed by atoms with Gasteiger partial charge in [0.2, 0.25) is 5.95 Å². The van der Waals surface area contributed by atoms with Crippen molar-refractivity contribution in [2.24, 2.45) is 5.92 Å². The van der Waals surface area contributed by atoms with Crippen molar-refractivity contribution in [2.75, 3.05) is 5.32 Å². The summed E-state index contributed by atoms with van der Waals surface area (Å²) in [7, 11) is 0. The summed E-state index contributed by atoms with van der Waals surface area (Å²) in [6.07, 6.45) is 3.77. The van der Waals surface area contributed by atoms with E-state index >= 15 is 0 Å². The third-order valence-electron chi connectivity index (χ3n) is 2.45. The molecule has 18 heavy (non-hydrogen) atoms. The van der Waals surface area contributed by atoms with Crippen molar-refractivity contribution in [1.29, 1.82) is 0 Å². The lowest BCUT2D eigenvalue weighted by Crippen LogP contribution is -2.07. The van der Waals surface area contributed by atoms with E-state index in [-0.39, 0.29) is 0 Å². The van der Waals surface area contributed by atoms with E-state index in [0.29, 0.717) is 10.9 Å². The summed E-state index contributed by atoms with van der Waals surface area (Å²) < 4.78 is 2.99. The molecule has 1 heterocycles. The van der Waals surface area contributed by atoms with Gasteiger partial charge in [-0.2, -0.15) is 0 Å². The lowest BCUT2D eigenvalue weighted by molar-refractivity contribution is 0.527. The van der Waals surface area contributed by atoms with Crippen LogP contribution in [-0.2, 0) is 6.54 Å². The number of nitrogens with one attached hydrogen (secondary N) is 1. The third kappa shape index (κ3) is 3.27. The predicted molar refractivity (Wildman–Crippen MR) is 79.5 cm³/mol. The van der Waals surface area contributed by atoms with Crippen LogP contribution in [0.5, 0.6) is 0 Å². The molecule has 0 aliphatic heterocycles. The molecule has 0 fully saturated rings. The maximum absolute atomic E-state index is 6.06. The van der Waals surface area contributed by atoms with Crippen molar-refractivity contribution >= 4 is 39.2 Å². The zero-order chi connectivity index (χ0) is 13.1. The highest BCUT2D eigenvalue weighted by atomic mass is 79.9. The van der Waals surface area contributed by atoms with E-state index in [0.717, 1.165) is 22.7 Å². The monoisotopic (exact) mass is 327 g/mol. The summed E-state index contributed by atoms with van der Waals surface area (Å²) in [5.41, 5.74) is 0.930. The minimum atomic E-state index is 0.577. The Morgan fingerprint density at radius 1 is 1.44 bits per heavy atom. The molecule has 1 N–H and O–H groups in total. The van der Waals surface area contributed by atoms with E-state index < -0.39 is 0 Å². The first-order chi connectivity index (χ1) is 8.56. The van der Waals surface area contributed by atoms with Gasteiger partial charge in [0.25, 0.3) is 0 Å². The maximum Gasteiger partial charge on any atom is 0.207 e. The highest BCUT2D eigenvalue weighted by molar-refractivity contribution is 9.10. The molecule has 0 aliphatic carbocycles. The second-order valence-corrected chi connectivity index (χ2v) is 5.81. The molecule has 0 saturated heterocycles. The zero-order valence-electron chi connectivity index (χ0n) is 10.3. The molecular weight excluding hydrogens is 314 g/mol. The molecular formula is C13H15BrClN3. The Morgan fingerprint density at radius 2 is 2.22 bits per heavy atom. The quantitative estimate of drug-likeness (QED) is 0.881. The highest BCUT2D eigenvalue weighted by Gasteiger charge is 2.06. The molecule has 1 aromatic heterocycles. The third-order valence-corrected chi connectivity index (χ3v) is 3.69. The number of anilines is 2. The van der Waals surface area contributed by atoms with Gasteiger partial charge in [-0.15, -0.1) is 0 Å². The van der Waals surface area contributed by atoms with Gasteiger partial charge in [-0.25, -0.2) is 4.98 Å². The molecule has 0 aliphatic rings. The van der Waals surface area contributed by atoms with Gasteiger partial charge in [0.15, 0.2) is 0 Å². The Bertz CT molecular complexity index is 537. The lowest BCUT2D eigenvalue weighted by atomic mass is 10.2. The number of imidazole rings is 1. The Hall–Kier alpha value is -1.000. The molecule has 0 spiro atoms. The van der Waals surface area contributed by atoms with Gasteiger partial charge in [0.1, 0.15) is 0 Å². The van der Waals surface area contributed by atoms with Crippen molar-refractivity contribution in [3.63, 3.8) is 0 Å². The fourth-order valence-electron chi connectivity index (χ4n) is 1.68. The first kappa shape index (κ1) is 13.4. The minimum absolute atomic E-state index is 0.577. The van der Waals surface area contributed by atoms with Gasteiger partial charge in [0.05, 0.1) is 5.02 Å². The predicted octanol–water partition coefficient (Wildman–Crippen LogP) is 4.70. The summed E-state index contributed by atoms with van der Waals surface area (Å²) in [5, 5.41) is 3.95. The number of halogens is 2. The van der Waals surface area contributed by atoms with E-state index in [1.807, 2.05) is 24.4 Å². The number of hydrogen-bond donors (Lipinski definition) is 1. The number of nitrogens with zero attached hydrogens (tertiary/aromatic N) is 2. The van der Waals surface area contributed by atoms with Crippen LogP contribution in [0.25, 0.3) is 0 Å². The fourth-order valence-corrected chi connectivity index (χ4v) is 2.10. The van der Waals surface area contributed by atoms with Crippen LogP contribution in [0.1, 0.15) is 13.8 Å². The lowest BCUT2D eigenvalue weighted by Gasteiger charge is -2.12. The molecule has 96 valence electrons. The zero-order valence-corrected chi connectivity index (χ0v) is 12.7. The molecule has 0 radical (unpaired) electrons. The molecule has 1 aromatic carbocycles. The fraction of sp³-hybridized carbons (Fsp3) is 0.308. The van der Waals surface area contributed by atoms with Crippen molar-refractivity contribution in [3.8, 4) is 0 Å². The summed E-state index contributed by atoms with van der Waals surface area (Å²) in [6.45, 7) is 5.30. The normalized spacial score (nSPS) is 10.9. The summed E-state index contributed by atoms with van der Waals surface area (Å²) in [4.78, 5) is 4.31. The topological polar surface area (TPSA) is 29.9 Å². The molecule has 0 saturated carbocycles. The smallest absolute Gasteiger partial charge is 0.207 e. The van der Waals surface area contributed by atoms with Crippen LogP contribution in [0.3, 0.4) is 0 Å². The number of benzene rings is 1. The van der Waals surface area contributed by atoms with Crippen LogP contribution >= 0.6 is 27.5 Å². The first-order valence-electron chi connectivity index (χ1n) is 5.79. The van der Waals surface area contributed by atoms with Gasteiger partial charge in [-0.3, -0.25) is 0 Å². The van der Waals surface area contributed by atoms with Crippen LogP contribution in [0.2, 0.25) is 5.02 Å². The molecule has 2 rings (SSSR count). The summed E-state index contributed by atoms with van der Waals surface area (Å²) in [6, 6.07) is 5.75. The Balaban J connectivity index is 2.18. The summed E-state index contributed by atoms with van der Waals surface area (Å²) >= 11 is 9.44. The van der Waals surface area contributed by atoms with E-state index in [2.05, 4.69) is 44.6 Å². The Kier molecular flexibility index (Phi) is 4.30. The van der Waals surface area contributed by atoms with E-state index in [4.69, 9.17) is 11.6 Å². The average Bonchev–Trinajstić information content (AvgIpc) is 2.70. The molecule has 0 atom stereocenters. The second kappa shape index (κ2) is 5.76. The van der Waals surface area contributed by atoms with Gasteiger partial charge >= 0.3 is 0 Å². The van der Waals surface area contributed by atoms with Gasteiger partial charge in [0, 0.05) is 29.1 Å². The Labute approximate surface area is 120 Å². The van der Waals surface area contributed by atoms with Gasteiger partial charge in [-0.05, 0) is 40.0 Å². The SMILES string of the molecule is CC(C)Cn1ccnc1Nc1ccc(Br)c(Cl)c1. The number of aromatic nitrogens is 2. The van der Waals surface area contributed by atoms with Gasteiger partial charge < -0.3 is 9.88 Å². The second-order valence-electron chi connectivity index (χ2n) is 4.55. The highest BCUT2D eigenvalue weighted by Crippen LogP contribution is 2.27. The van der Waals surface area contributed by atoms with E-state index in [1.54, 1.807) is 6.20 Å². The van der Waals surface area contributed by atoms with Crippen molar-refractivity contribution in [3.05, 3.63) is 40.1 Å². The van der Waals surface area contributed by atoms with Gasteiger partial charge in [-0.1, -0.05) is 25.4 Å². The van der Waals surface area contributed by atoms with Crippen LogP contribution < -0.4 is 5.32 Å². The average molecular weight is 329 g/mol. The van der Waals surface area contributed by atoms with E-state index in [1.165, 1.54) is 0 Å². The van der Waals surface area contributed by atoms with Crippen LogP contribution in [0, 0.1) is 5.92 Å². The summed E-state index contributed by atoms with van der Waals surface area (Å²) in [5.74, 6) is 1.41. The maximum atomic E-state index is 6.06. The largest absolute Gasteiger partial charge is 0.326 e. The Morgan fingerprint density at radius 3 is 2.89 bits per heavy atom. The first-order valence-corrected chi connectivity index (χ1v) is 6.96. The molecule has 0 amide bonds. The number of hydrogen-bond acceptors (Lipinski definition) is 2. The molecule has 0 bridgehead atoms. The van der Waals surface area contributed by atoms with Crippen LogP contribution in [-0.4, -0.2) is 9.55 Å². The number of rotatable bonds is 4. The molecule has 5 heteroatoms. The van der Waals surface area contributed by atoms with Crippen molar-refractivity contribution < 1.29 is 0 Å². The van der Waals surface area contributed by atoms with Crippen LogP contribution in [0.4, 0.5) is 11.6 Å². The molecule has 3 nitrogen and oxygen atoms in total. The van der Waals surface area contributed by atoms with Crippen molar-refractivity contribution in [2.45, 2.75) is 20.4 Å². The standard InChI is InChI=1S/C13H15BrClN3/c1-9(2)8-18-6-5-16-13(18)17-10-3-4-11(14)12(15)7-10/h3-7,9H,8H2,1-2H3,(H,16,17). The molecule has 0 unspecified atom stereocenters. The molecule has 2 aromatic rings.